The van der Waals surface area contributed by atoms with Gasteiger partial charge in [-0.25, -0.2) is 0 Å². The van der Waals surface area contributed by atoms with E-state index in [1.165, 1.54) is 10.8 Å². The fraction of sp³-hybridized carbons (Fsp3) is 0. The first-order valence-electron chi connectivity index (χ1n) is 3.25. The Kier molecular flexibility index (Phi) is 1.24. The van der Waals surface area contributed by atoms with Gasteiger partial charge >= 0.3 is 59.1 Å². The number of hydrogen-bond donors (Lipinski definition) is 0. The summed E-state index contributed by atoms with van der Waals surface area (Å²) >= 11 is 0. The molecule has 10 heavy (non-hydrogen) atoms. The third-order valence-corrected chi connectivity index (χ3v) is 1.55. The molecule has 0 saturated heterocycles. The van der Waals surface area contributed by atoms with Gasteiger partial charge in [-0.1, -0.05) is 0 Å². The predicted octanol–water partition coefficient (Wildman–Crippen LogP) is 1.57. The van der Waals surface area contributed by atoms with Gasteiger partial charge in [0.05, 0.1) is 0 Å². The average molecular weight is 127 g/mol. The van der Waals surface area contributed by atoms with Crippen LogP contribution in [0.1, 0.15) is 0 Å². The van der Waals surface area contributed by atoms with Gasteiger partial charge < -0.3 is 0 Å². The molecule has 0 atom stereocenters. The molecule has 0 aromatic carbocycles. The summed E-state index contributed by atoms with van der Waals surface area (Å²) in [6.45, 7) is 2.02. The van der Waals surface area contributed by atoms with Crippen LogP contribution in [0.2, 0.25) is 0 Å². The van der Waals surface area contributed by atoms with Gasteiger partial charge in [-0.15, -0.1) is 0 Å². The summed E-state index contributed by atoms with van der Waals surface area (Å²) < 4.78 is 0. The van der Waals surface area contributed by atoms with E-state index >= 15 is 0 Å². The first-order chi connectivity index (χ1) is 4.97. The molecule has 0 N–H and O–H groups in total. The first-order valence-corrected chi connectivity index (χ1v) is 3.25. The SMILES string of the molecule is b1ccc2ccncc2c1. The molecule has 0 spiro atoms. The molecule has 1 nitrogen and oxygen atoms in total. The van der Waals surface area contributed by atoms with Gasteiger partial charge in [-0.2, -0.15) is 0 Å². The third-order valence-electron chi connectivity index (χ3n) is 1.55. The van der Waals surface area contributed by atoms with Crippen LogP contribution in [0.15, 0.2) is 36.4 Å². The van der Waals surface area contributed by atoms with Crippen molar-refractivity contribution in [1.29, 1.82) is 0 Å². The summed E-state index contributed by atoms with van der Waals surface area (Å²) in [7, 11) is 0. The van der Waals surface area contributed by atoms with Gasteiger partial charge in [0.25, 0.3) is 0 Å². The van der Waals surface area contributed by atoms with Crippen molar-refractivity contribution in [2.24, 2.45) is 0 Å². The Morgan fingerprint density at radius 3 is 3.10 bits per heavy atom. The summed E-state index contributed by atoms with van der Waals surface area (Å²) in [5.74, 6) is 4.09. The van der Waals surface area contributed by atoms with E-state index < -0.39 is 0 Å². The maximum atomic E-state index is 4.01. The minimum absolute atomic E-state index is 1.20. The molecule has 0 fully saturated rings. The molecular formula is C8H6BN. The molecule has 0 aliphatic carbocycles. The molecule has 0 saturated carbocycles. The van der Waals surface area contributed by atoms with Crippen LogP contribution in [-0.2, 0) is 0 Å². The zero-order valence-corrected chi connectivity index (χ0v) is 5.49. The monoisotopic (exact) mass is 127 g/mol. The molecule has 0 radical (unpaired) electrons. The van der Waals surface area contributed by atoms with E-state index in [9.17, 15) is 0 Å². The van der Waals surface area contributed by atoms with Crippen LogP contribution in [0.25, 0.3) is 10.8 Å². The van der Waals surface area contributed by atoms with Gasteiger partial charge in [-0.3, -0.25) is 0 Å². The van der Waals surface area contributed by atoms with Crippen molar-refractivity contribution in [1.82, 2.24) is 4.98 Å². The van der Waals surface area contributed by atoms with E-state index in [0.717, 1.165) is 0 Å². The van der Waals surface area contributed by atoms with Crippen LogP contribution in [0.4, 0.5) is 0 Å². The van der Waals surface area contributed by atoms with E-state index in [1.807, 2.05) is 31.3 Å². The quantitative estimate of drug-likeness (QED) is 0.523. The van der Waals surface area contributed by atoms with Crippen LogP contribution in [0.3, 0.4) is 0 Å². The Bertz CT molecular complexity index is 280. The van der Waals surface area contributed by atoms with E-state index in [-0.39, 0.29) is 0 Å². The van der Waals surface area contributed by atoms with Gasteiger partial charge in [0, 0.05) is 0 Å². The predicted molar refractivity (Wildman–Crippen MR) is 43.1 cm³/mol. The van der Waals surface area contributed by atoms with Crippen LogP contribution in [-0.4, -0.2) is 11.9 Å². The van der Waals surface area contributed by atoms with Crippen molar-refractivity contribution in [3.8, 4) is 0 Å². The second-order valence-corrected chi connectivity index (χ2v) is 2.22. The van der Waals surface area contributed by atoms with E-state index in [1.54, 1.807) is 0 Å². The van der Waals surface area contributed by atoms with Gasteiger partial charge in [0.1, 0.15) is 0 Å². The number of aromatic nitrogens is 1. The number of rotatable bonds is 0. The van der Waals surface area contributed by atoms with Crippen molar-refractivity contribution in [3.05, 3.63) is 36.4 Å². The second kappa shape index (κ2) is 2.22. The Hall–Kier alpha value is -1.18. The number of fused-ring (bicyclic) bond motifs is 1. The number of nitrogens with zero attached hydrogens (tertiary/aromatic N) is 1. The molecule has 2 rings (SSSR count). The fourth-order valence-electron chi connectivity index (χ4n) is 1.03. The average Bonchev–Trinajstić information content (AvgIpc) is 2.05. The molecule has 0 amide bonds. The topological polar surface area (TPSA) is 12.9 Å². The Morgan fingerprint density at radius 2 is 2.20 bits per heavy atom. The van der Waals surface area contributed by atoms with Crippen LogP contribution >= 0.6 is 0 Å². The molecule has 2 aromatic rings. The van der Waals surface area contributed by atoms with E-state index in [4.69, 9.17) is 0 Å². The summed E-state index contributed by atoms with van der Waals surface area (Å²) in [4.78, 5) is 4.01. The van der Waals surface area contributed by atoms with Crippen LogP contribution in [0, 0.1) is 0 Å². The van der Waals surface area contributed by atoms with Crippen molar-refractivity contribution in [3.63, 3.8) is 0 Å². The Labute approximate surface area is 59.9 Å². The van der Waals surface area contributed by atoms with Crippen LogP contribution in [0.5, 0.6) is 0 Å². The van der Waals surface area contributed by atoms with Gasteiger partial charge in [-0.05, 0) is 0 Å². The summed E-state index contributed by atoms with van der Waals surface area (Å²) in [6.07, 6.45) is 3.68. The zero-order chi connectivity index (χ0) is 6.81. The van der Waals surface area contributed by atoms with Crippen LogP contribution < -0.4 is 0 Å². The van der Waals surface area contributed by atoms with Crippen molar-refractivity contribution >= 4 is 17.7 Å². The molecule has 0 aliphatic rings. The van der Waals surface area contributed by atoms with E-state index in [0.29, 0.717) is 0 Å². The normalized spacial score (nSPS) is 9.60. The van der Waals surface area contributed by atoms with Gasteiger partial charge in [0.15, 0.2) is 0 Å². The number of pyridine rings is 1. The summed E-state index contributed by atoms with van der Waals surface area (Å²) in [5, 5.41) is 2.45. The zero-order valence-electron chi connectivity index (χ0n) is 5.49. The van der Waals surface area contributed by atoms with Gasteiger partial charge in [0.2, 0.25) is 0 Å². The van der Waals surface area contributed by atoms with Crippen molar-refractivity contribution in [2.45, 2.75) is 0 Å². The third kappa shape index (κ3) is 0.818. The molecule has 2 heterocycles. The molecule has 2 aromatic heterocycles. The molecule has 46 valence electrons. The minimum atomic E-state index is 1.20. The Balaban J connectivity index is 2.89. The van der Waals surface area contributed by atoms with E-state index in [2.05, 4.69) is 17.0 Å². The summed E-state index contributed by atoms with van der Waals surface area (Å²) in [6, 6.07) is 4.09. The Morgan fingerprint density at radius 1 is 1.20 bits per heavy atom. The standard InChI is InChI=1S/C8H6BN/c1-3-9-5-8-6-10-4-2-7(1)8/h1-6H. The number of hydrogen-bond acceptors (Lipinski definition) is 1. The van der Waals surface area contributed by atoms with Crippen molar-refractivity contribution in [2.75, 3.05) is 0 Å². The second-order valence-electron chi connectivity index (χ2n) is 2.22. The summed E-state index contributed by atoms with van der Waals surface area (Å²) in [5.41, 5.74) is 0. The van der Waals surface area contributed by atoms with Crippen molar-refractivity contribution < 1.29 is 0 Å². The first kappa shape index (κ1) is 5.60. The molecule has 0 unspecified atom stereocenters. The molecular weight excluding hydrogens is 121 g/mol. The molecule has 0 aliphatic heterocycles. The molecule has 2 heteroatoms. The fourth-order valence-corrected chi connectivity index (χ4v) is 1.03. The maximum absolute atomic E-state index is 4.01. The molecule has 0 bridgehead atoms.